The number of halogens is 2. The summed E-state index contributed by atoms with van der Waals surface area (Å²) in [5.41, 5.74) is 5.23. The second-order valence-corrected chi connectivity index (χ2v) is 13.4. The van der Waals surface area contributed by atoms with Crippen LogP contribution in [0.1, 0.15) is 49.2 Å². The zero-order valence-corrected chi connectivity index (χ0v) is 30.0. The van der Waals surface area contributed by atoms with Crippen molar-refractivity contribution in [2.45, 2.75) is 40.3 Å². The number of ether oxygens (including phenoxy) is 2. The second kappa shape index (κ2) is 13.7. The zero-order valence-electron chi connectivity index (χ0n) is 27.6. The molecule has 1 amide bonds. The number of benzene rings is 3. The minimum absolute atomic E-state index is 0.176. The average molecular weight is 704 g/mol. The van der Waals surface area contributed by atoms with Gasteiger partial charge < -0.3 is 18.9 Å². The van der Waals surface area contributed by atoms with Gasteiger partial charge in [-0.2, -0.15) is 0 Å². The minimum Gasteiger partial charge on any atom is -0.497 e. The summed E-state index contributed by atoms with van der Waals surface area (Å²) >= 11 is 14.1. The lowest BCUT2D eigenvalue weighted by molar-refractivity contribution is -0.127. The molecule has 6 rings (SSSR count). The maximum absolute atomic E-state index is 14.6. The van der Waals surface area contributed by atoms with Crippen molar-refractivity contribution >= 4 is 57.4 Å². The van der Waals surface area contributed by atoms with Crippen molar-refractivity contribution in [2.24, 2.45) is 4.99 Å². The predicted octanol–water partition coefficient (Wildman–Crippen LogP) is 6.74. The molecule has 3 aromatic carbocycles. The summed E-state index contributed by atoms with van der Waals surface area (Å²) in [5.74, 6) is 0.946. The first-order valence-corrected chi connectivity index (χ1v) is 17.2. The third kappa shape index (κ3) is 5.84. The Balaban J connectivity index is 1.58. The molecule has 0 spiro atoms. The van der Waals surface area contributed by atoms with Gasteiger partial charge in [-0.3, -0.25) is 14.2 Å². The first-order valence-electron chi connectivity index (χ1n) is 15.7. The highest BCUT2D eigenvalue weighted by molar-refractivity contribution is 7.07. The molecular formula is C37H36Cl2N4O4S. The predicted molar refractivity (Wildman–Crippen MR) is 193 cm³/mol. The fraction of sp³-hybridized carbons (Fsp3) is 0.270. The first kappa shape index (κ1) is 33.6. The Morgan fingerprint density at radius 2 is 1.77 bits per heavy atom. The summed E-state index contributed by atoms with van der Waals surface area (Å²) < 4.78 is 15.7. The number of thiazole rings is 1. The van der Waals surface area contributed by atoms with Crippen LogP contribution in [0.3, 0.4) is 0 Å². The van der Waals surface area contributed by atoms with Gasteiger partial charge in [-0.05, 0) is 75.7 Å². The Morgan fingerprint density at radius 1 is 1.02 bits per heavy atom. The van der Waals surface area contributed by atoms with E-state index in [1.54, 1.807) is 41.9 Å². The largest absolute Gasteiger partial charge is 0.497 e. The quantitative estimate of drug-likeness (QED) is 0.171. The van der Waals surface area contributed by atoms with Crippen LogP contribution < -0.4 is 24.4 Å². The van der Waals surface area contributed by atoms with Gasteiger partial charge in [0.05, 0.1) is 30.0 Å². The van der Waals surface area contributed by atoms with Crippen LogP contribution in [-0.4, -0.2) is 47.3 Å². The highest BCUT2D eigenvalue weighted by Crippen LogP contribution is 2.38. The second-order valence-electron chi connectivity index (χ2n) is 11.5. The molecule has 5 aromatic rings. The number of rotatable bonds is 9. The van der Waals surface area contributed by atoms with Crippen molar-refractivity contribution in [1.82, 2.24) is 14.0 Å². The van der Waals surface area contributed by atoms with E-state index in [2.05, 4.69) is 16.7 Å². The normalized spacial score (nSPS) is 14.7. The van der Waals surface area contributed by atoms with Crippen molar-refractivity contribution < 1.29 is 14.3 Å². The summed E-state index contributed by atoms with van der Waals surface area (Å²) in [6.45, 7) is 9.31. The molecule has 2 aromatic heterocycles. The number of nitrogens with zero attached hydrogens (tertiary/aromatic N) is 4. The lowest BCUT2D eigenvalue weighted by Gasteiger charge is -2.30. The van der Waals surface area contributed by atoms with E-state index in [1.165, 1.54) is 11.3 Å². The highest BCUT2D eigenvalue weighted by Gasteiger charge is 2.36. The number of carbonyl (C=O) groups excluding carboxylic acids is 1. The van der Waals surface area contributed by atoms with Gasteiger partial charge in [-0.25, -0.2) is 4.99 Å². The molecule has 3 heterocycles. The molecule has 0 saturated carbocycles. The molecule has 1 aliphatic rings. The number of amides is 1. The number of hydrogen-bond donors (Lipinski definition) is 0. The van der Waals surface area contributed by atoms with Crippen molar-refractivity contribution in [3.8, 4) is 11.5 Å². The Labute approximate surface area is 292 Å². The monoisotopic (exact) mass is 702 g/mol. The van der Waals surface area contributed by atoms with Gasteiger partial charge in [0.15, 0.2) is 4.80 Å². The van der Waals surface area contributed by atoms with Gasteiger partial charge >= 0.3 is 0 Å². The Bertz CT molecular complexity index is 2280. The Kier molecular flexibility index (Phi) is 9.56. The molecule has 0 bridgehead atoms. The Hall–Kier alpha value is -4.31. The van der Waals surface area contributed by atoms with Crippen LogP contribution in [-0.2, 0) is 11.3 Å². The van der Waals surface area contributed by atoms with Crippen LogP contribution in [0, 0.1) is 6.92 Å². The zero-order chi connectivity index (χ0) is 34.3. The van der Waals surface area contributed by atoms with Crippen molar-refractivity contribution in [3.63, 3.8) is 0 Å². The number of hydrogen-bond acceptors (Lipinski definition) is 6. The van der Waals surface area contributed by atoms with Crippen molar-refractivity contribution in [3.05, 3.63) is 124 Å². The van der Waals surface area contributed by atoms with Gasteiger partial charge in [0.2, 0.25) is 0 Å². The molecule has 1 aliphatic heterocycles. The van der Waals surface area contributed by atoms with Crippen LogP contribution in [0.5, 0.6) is 11.5 Å². The van der Waals surface area contributed by atoms with E-state index in [9.17, 15) is 9.59 Å². The van der Waals surface area contributed by atoms with Crippen LogP contribution in [0.15, 0.2) is 81.7 Å². The van der Waals surface area contributed by atoms with Crippen LogP contribution >= 0.6 is 34.5 Å². The standard InChI is InChI=1S/C37H36Cl2N4O4S/c1-7-41(8-2)36(45)33-21(3)40-37-43(34(33)28-18-25(46-5)15-16-31(28)47-6)35(44)32(48-37)19-27-22(4)42(30-12-10-9-11-26(27)30)20-23-13-14-24(38)17-29(23)39/h9-19,34H,7-8,20H2,1-6H3/b32-19+/t34-/m1/s1. The summed E-state index contributed by atoms with van der Waals surface area (Å²) in [5, 5.41) is 2.18. The van der Waals surface area contributed by atoms with Crippen LogP contribution in [0.4, 0.5) is 0 Å². The molecule has 0 radical (unpaired) electrons. The SMILES string of the molecule is CCN(CC)C(=O)C1=C(C)N=c2s/c(=C/c3c(C)n(Cc4ccc(Cl)cc4Cl)c4ccccc34)c(=O)n2[C@@H]1c1cc(OC)ccc1OC. The molecule has 0 fully saturated rings. The number of methoxy groups -OCH3 is 2. The van der Waals surface area contributed by atoms with E-state index in [0.29, 0.717) is 67.3 Å². The van der Waals surface area contributed by atoms with Crippen LogP contribution in [0.25, 0.3) is 17.0 Å². The molecule has 0 aliphatic carbocycles. The molecule has 0 saturated heterocycles. The van der Waals surface area contributed by atoms with Gasteiger partial charge in [0.1, 0.15) is 17.5 Å². The van der Waals surface area contributed by atoms with E-state index < -0.39 is 6.04 Å². The van der Waals surface area contributed by atoms with Gasteiger partial charge in [-0.1, -0.05) is 58.8 Å². The molecule has 11 heteroatoms. The van der Waals surface area contributed by atoms with Crippen LogP contribution in [0.2, 0.25) is 10.0 Å². The average Bonchev–Trinajstić information content (AvgIpc) is 3.53. The molecule has 8 nitrogen and oxygen atoms in total. The number of likely N-dealkylation sites (N-methyl/N-ethyl adjacent to an activating group) is 1. The fourth-order valence-corrected chi connectivity index (χ4v) is 7.92. The molecule has 48 heavy (non-hydrogen) atoms. The van der Waals surface area contributed by atoms with Gasteiger partial charge in [0, 0.05) is 57.4 Å². The summed E-state index contributed by atoms with van der Waals surface area (Å²) in [7, 11) is 3.16. The van der Waals surface area contributed by atoms with E-state index in [1.807, 2.05) is 64.1 Å². The van der Waals surface area contributed by atoms with E-state index in [0.717, 1.165) is 27.7 Å². The van der Waals surface area contributed by atoms with E-state index in [-0.39, 0.29) is 11.5 Å². The maximum Gasteiger partial charge on any atom is 0.271 e. The molecule has 248 valence electrons. The van der Waals surface area contributed by atoms with Crippen molar-refractivity contribution in [1.29, 1.82) is 0 Å². The smallest absolute Gasteiger partial charge is 0.271 e. The summed E-state index contributed by atoms with van der Waals surface area (Å²) in [4.78, 5) is 35.8. The van der Waals surface area contributed by atoms with E-state index in [4.69, 9.17) is 37.7 Å². The lowest BCUT2D eigenvalue weighted by Crippen LogP contribution is -2.43. The Morgan fingerprint density at radius 3 is 2.46 bits per heavy atom. The molecule has 0 N–H and O–H groups in total. The lowest BCUT2D eigenvalue weighted by atomic mass is 9.93. The third-order valence-electron chi connectivity index (χ3n) is 8.93. The molecule has 1 atom stereocenters. The fourth-order valence-electron chi connectivity index (χ4n) is 6.42. The number of para-hydroxylation sites is 1. The maximum atomic E-state index is 14.6. The number of carbonyl (C=O) groups is 1. The molecular weight excluding hydrogens is 667 g/mol. The highest BCUT2D eigenvalue weighted by atomic mass is 35.5. The topological polar surface area (TPSA) is 78.1 Å². The van der Waals surface area contributed by atoms with Crippen molar-refractivity contribution in [2.75, 3.05) is 27.3 Å². The minimum atomic E-state index is -0.781. The summed E-state index contributed by atoms with van der Waals surface area (Å²) in [6, 6.07) is 18.3. The third-order valence-corrected chi connectivity index (χ3v) is 10.5. The first-order chi connectivity index (χ1) is 23.1. The van der Waals surface area contributed by atoms with Gasteiger partial charge in [-0.15, -0.1) is 0 Å². The number of allylic oxidation sites excluding steroid dienone is 1. The molecule has 0 unspecified atom stereocenters. The summed E-state index contributed by atoms with van der Waals surface area (Å²) in [6.07, 6.45) is 1.94. The van der Waals surface area contributed by atoms with E-state index >= 15 is 0 Å². The number of fused-ring (bicyclic) bond motifs is 2. The van der Waals surface area contributed by atoms with Gasteiger partial charge in [0.25, 0.3) is 11.5 Å². The number of aromatic nitrogens is 2.